The van der Waals surface area contributed by atoms with E-state index in [0.717, 1.165) is 22.6 Å². The van der Waals surface area contributed by atoms with Gasteiger partial charge in [-0.15, -0.1) is 0 Å². The van der Waals surface area contributed by atoms with Gasteiger partial charge in [0, 0.05) is 16.3 Å². The number of hydrogen-bond acceptors (Lipinski definition) is 4. The first-order valence-corrected chi connectivity index (χ1v) is 11.0. The molecule has 7 heteroatoms. The Morgan fingerprint density at radius 2 is 1.87 bits per heavy atom. The lowest BCUT2D eigenvalue weighted by atomic mass is 9.98. The van der Waals surface area contributed by atoms with Crippen molar-refractivity contribution < 1.29 is 14.2 Å². The number of ether oxygens (including phenoxy) is 1. The molecule has 2 atom stereocenters. The minimum absolute atomic E-state index is 0.144. The van der Waals surface area contributed by atoms with Gasteiger partial charge in [-0.05, 0) is 94.7 Å². The summed E-state index contributed by atoms with van der Waals surface area (Å²) in [6.07, 6.45) is 1.67. The van der Waals surface area contributed by atoms with Crippen molar-refractivity contribution in [3.05, 3.63) is 98.7 Å². The molecule has 0 saturated heterocycles. The summed E-state index contributed by atoms with van der Waals surface area (Å²) in [6, 6.07) is 17.3. The molecule has 0 amide bonds. The Morgan fingerprint density at radius 3 is 2.58 bits per heavy atom. The summed E-state index contributed by atoms with van der Waals surface area (Å²) in [6.45, 7) is 2.54. The van der Waals surface area contributed by atoms with Crippen molar-refractivity contribution in [2.45, 2.75) is 19.1 Å². The van der Waals surface area contributed by atoms with E-state index in [4.69, 9.17) is 16.3 Å². The summed E-state index contributed by atoms with van der Waals surface area (Å²) in [7, 11) is 0. The average molecular weight is 504 g/mol. The van der Waals surface area contributed by atoms with Crippen LogP contribution in [0.4, 0.5) is 4.39 Å². The summed E-state index contributed by atoms with van der Waals surface area (Å²) in [4.78, 5) is 0. The fourth-order valence-corrected chi connectivity index (χ4v) is 4.12. The number of benzene rings is 3. The van der Waals surface area contributed by atoms with Gasteiger partial charge in [0.15, 0.2) is 0 Å². The molecule has 3 aromatic rings. The van der Waals surface area contributed by atoms with Crippen LogP contribution in [0.15, 0.2) is 71.2 Å². The molecule has 4 rings (SSSR count). The van der Waals surface area contributed by atoms with Gasteiger partial charge in [0.2, 0.25) is 0 Å². The molecule has 1 aliphatic heterocycles. The van der Waals surface area contributed by atoms with Gasteiger partial charge in [-0.2, -0.15) is 0 Å². The first-order chi connectivity index (χ1) is 14.9. The van der Waals surface area contributed by atoms with Gasteiger partial charge in [0.25, 0.3) is 0 Å². The van der Waals surface area contributed by atoms with Gasteiger partial charge in [0.05, 0.1) is 17.1 Å². The monoisotopic (exact) mass is 502 g/mol. The van der Waals surface area contributed by atoms with Crippen molar-refractivity contribution in [2.24, 2.45) is 0 Å². The molecular formula is C24H21BrClFN2O2. The lowest BCUT2D eigenvalue weighted by Crippen LogP contribution is -2.39. The van der Waals surface area contributed by atoms with Crippen LogP contribution in [0.3, 0.4) is 0 Å². The van der Waals surface area contributed by atoms with Crippen LogP contribution in [0.25, 0.3) is 5.70 Å². The summed E-state index contributed by atoms with van der Waals surface area (Å²) in [5, 5.41) is 17.9. The number of nitrogens with one attached hydrogen (secondary N) is 2. The Hall–Kier alpha value is -2.54. The maximum atomic E-state index is 13.8. The van der Waals surface area contributed by atoms with E-state index < -0.39 is 0 Å². The standard InChI is InChI=1S/C24H21BrClFN2O2/c1-2-31-17-7-3-14(4-8-17)21-13-22(18-12-16(26)6-10-23(18)30)29-24(28-21)15-5-9-20(27)19(25)11-15/h3-13,22,24,28-30H,2H2,1H3. The van der Waals surface area contributed by atoms with Crippen molar-refractivity contribution in [1.82, 2.24) is 10.6 Å². The molecule has 3 aromatic carbocycles. The Labute approximate surface area is 193 Å². The Balaban J connectivity index is 1.74. The molecule has 160 valence electrons. The molecule has 2 unspecified atom stereocenters. The molecule has 4 nitrogen and oxygen atoms in total. The van der Waals surface area contributed by atoms with Crippen LogP contribution < -0.4 is 15.4 Å². The van der Waals surface area contributed by atoms with Gasteiger partial charge < -0.3 is 15.2 Å². The fraction of sp³-hybridized carbons (Fsp3) is 0.167. The van der Waals surface area contributed by atoms with Gasteiger partial charge >= 0.3 is 0 Å². The third-order valence-electron chi connectivity index (χ3n) is 5.06. The molecule has 1 heterocycles. The molecule has 31 heavy (non-hydrogen) atoms. The summed E-state index contributed by atoms with van der Waals surface area (Å²) >= 11 is 9.45. The fourth-order valence-electron chi connectivity index (χ4n) is 3.54. The van der Waals surface area contributed by atoms with Crippen LogP contribution in [-0.4, -0.2) is 11.7 Å². The zero-order valence-electron chi connectivity index (χ0n) is 16.7. The molecular weight excluding hydrogens is 483 g/mol. The second kappa shape index (κ2) is 9.30. The van der Waals surface area contributed by atoms with Gasteiger partial charge in [-0.25, -0.2) is 4.39 Å². The highest BCUT2D eigenvalue weighted by molar-refractivity contribution is 9.10. The van der Waals surface area contributed by atoms with Gasteiger partial charge in [-0.1, -0.05) is 17.7 Å². The second-order valence-corrected chi connectivity index (χ2v) is 8.43. The van der Waals surface area contributed by atoms with Crippen LogP contribution >= 0.6 is 27.5 Å². The number of aromatic hydroxyl groups is 1. The number of phenolic OH excluding ortho intramolecular Hbond substituents is 1. The lowest BCUT2D eigenvalue weighted by molar-refractivity contribution is 0.340. The summed E-state index contributed by atoms with van der Waals surface area (Å²) < 4.78 is 19.7. The maximum absolute atomic E-state index is 13.8. The van der Waals surface area contributed by atoms with Gasteiger partial charge in [0.1, 0.15) is 23.5 Å². The minimum Gasteiger partial charge on any atom is -0.508 e. The molecule has 0 fully saturated rings. The van der Waals surface area contributed by atoms with E-state index in [1.807, 2.05) is 37.3 Å². The molecule has 0 saturated carbocycles. The van der Waals surface area contributed by atoms with Crippen molar-refractivity contribution in [3.8, 4) is 11.5 Å². The lowest BCUT2D eigenvalue weighted by Gasteiger charge is -2.33. The quantitative estimate of drug-likeness (QED) is 0.381. The number of phenols is 1. The largest absolute Gasteiger partial charge is 0.508 e. The summed E-state index contributed by atoms with van der Waals surface area (Å²) in [5.74, 6) is 0.611. The molecule has 3 N–H and O–H groups in total. The van der Waals surface area contributed by atoms with Crippen molar-refractivity contribution in [3.63, 3.8) is 0 Å². The Bertz CT molecular complexity index is 1120. The predicted molar refractivity (Wildman–Crippen MR) is 125 cm³/mol. The zero-order valence-corrected chi connectivity index (χ0v) is 19.0. The molecule has 0 radical (unpaired) electrons. The highest BCUT2D eigenvalue weighted by Crippen LogP contribution is 2.35. The van der Waals surface area contributed by atoms with E-state index in [0.29, 0.717) is 21.7 Å². The normalized spacial score (nSPS) is 18.3. The van der Waals surface area contributed by atoms with Crippen LogP contribution in [0.1, 0.15) is 35.8 Å². The van der Waals surface area contributed by atoms with Crippen molar-refractivity contribution in [2.75, 3.05) is 6.61 Å². The number of hydrogen-bond donors (Lipinski definition) is 3. The minimum atomic E-state index is -0.328. The predicted octanol–water partition coefficient (Wildman–Crippen LogP) is 6.32. The topological polar surface area (TPSA) is 53.5 Å². The van der Waals surface area contributed by atoms with Crippen LogP contribution in [-0.2, 0) is 0 Å². The first kappa shape index (κ1) is 21.7. The van der Waals surface area contributed by atoms with E-state index in [1.54, 1.807) is 30.3 Å². The zero-order chi connectivity index (χ0) is 22.0. The van der Waals surface area contributed by atoms with Crippen molar-refractivity contribution >= 4 is 33.2 Å². The van der Waals surface area contributed by atoms with E-state index in [-0.39, 0.29) is 23.8 Å². The molecule has 1 aliphatic rings. The third kappa shape index (κ3) is 4.87. The maximum Gasteiger partial charge on any atom is 0.137 e. The van der Waals surface area contributed by atoms with Crippen LogP contribution in [0, 0.1) is 5.82 Å². The number of halogens is 3. The Morgan fingerprint density at radius 1 is 1.10 bits per heavy atom. The second-order valence-electron chi connectivity index (χ2n) is 7.14. The molecule has 0 aliphatic carbocycles. The van der Waals surface area contributed by atoms with E-state index in [9.17, 15) is 9.50 Å². The van der Waals surface area contributed by atoms with Crippen LogP contribution in [0.2, 0.25) is 5.02 Å². The highest BCUT2D eigenvalue weighted by Gasteiger charge is 2.26. The first-order valence-electron chi connectivity index (χ1n) is 9.85. The van der Waals surface area contributed by atoms with E-state index in [2.05, 4.69) is 26.6 Å². The third-order valence-corrected chi connectivity index (χ3v) is 5.90. The average Bonchev–Trinajstić information content (AvgIpc) is 2.78. The van der Waals surface area contributed by atoms with E-state index in [1.165, 1.54) is 6.07 Å². The Kier molecular flexibility index (Phi) is 6.51. The van der Waals surface area contributed by atoms with E-state index >= 15 is 0 Å². The SMILES string of the molecule is CCOc1ccc(C2=CC(c3cc(Cl)ccc3O)NC(c3ccc(F)c(Br)c3)N2)cc1. The van der Waals surface area contributed by atoms with Crippen LogP contribution in [0.5, 0.6) is 11.5 Å². The summed E-state index contributed by atoms with van der Waals surface area (Å²) in [5.41, 5.74) is 3.33. The smallest absolute Gasteiger partial charge is 0.137 e. The van der Waals surface area contributed by atoms with Gasteiger partial charge in [-0.3, -0.25) is 5.32 Å². The van der Waals surface area contributed by atoms with Crippen molar-refractivity contribution in [1.29, 1.82) is 0 Å². The highest BCUT2D eigenvalue weighted by atomic mass is 79.9. The molecule has 0 bridgehead atoms. The number of rotatable bonds is 5. The molecule has 0 aromatic heterocycles. The molecule has 0 spiro atoms.